The van der Waals surface area contributed by atoms with Crippen molar-refractivity contribution >= 4 is 12.4 Å². The van der Waals surface area contributed by atoms with Crippen LogP contribution in [-0.4, -0.2) is 6.29 Å². The molecule has 0 atom stereocenters. The van der Waals surface area contributed by atoms with Crippen molar-refractivity contribution in [2.75, 3.05) is 0 Å². The molecule has 3 nitrogen and oxygen atoms in total. The van der Waals surface area contributed by atoms with Gasteiger partial charge in [0.05, 0.1) is 0 Å². The fraction of sp³-hybridized carbons (Fsp3) is 0.200. The second-order valence-electron chi connectivity index (χ2n) is 2.86. The zero-order chi connectivity index (χ0) is 9.84. The lowest BCUT2D eigenvalue weighted by Gasteiger charge is -1.94. The van der Waals surface area contributed by atoms with Crippen LogP contribution >= 0.6 is 0 Å². The molecule has 0 aromatic carbocycles. The number of hydrogen-bond acceptors (Lipinski definition) is 3. The van der Waals surface area contributed by atoms with E-state index < -0.39 is 5.63 Å². The molecule has 0 fully saturated rings. The second kappa shape index (κ2) is 3.85. The Labute approximate surface area is 75.7 Å². The van der Waals surface area contributed by atoms with Crippen LogP contribution in [-0.2, 0) is 4.79 Å². The molecule has 0 saturated carbocycles. The third kappa shape index (κ3) is 2.71. The molecule has 0 radical (unpaired) electrons. The SMILES string of the molecule is C/C(C=O)=C/c1cc(C)cc(=O)o1. The topological polar surface area (TPSA) is 47.3 Å². The highest BCUT2D eigenvalue weighted by molar-refractivity contribution is 5.79. The van der Waals surface area contributed by atoms with E-state index in [0.717, 1.165) is 5.56 Å². The summed E-state index contributed by atoms with van der Waals surface area (Å²) in [6.07, 6.45) is 2.24. The maximum absolute atomic E-state index is 10.9. The summed E-state index contributed by atoms with van der Waals surface area (Å²) in [5.41, 5.74) is 0.944. The van der Waals surface area contributed by atoms with E-state index in [1.807, 2.05) is 0 Å². The molecule has 0 aliphatic heterocycles. The Kier molecular flexibility index (Phi) is 2.80. The van der Waals surface area contributed by atoms with E-state index in [0.29, 0.717) is 17.6 Å². The van der Waals surface area contributed by atoms with Gasteiger partial charge in [0.25, 0.3) is 0 Å². The minimum atomic E-state index is -0.398. The van der Waals surface area contributed by atoms with Gasteiger partial charge in [-0.1, -0.05) is 0 Å². The molecular weight excluding hydrogens is 168 g/mol. The molecule has 3 heteroatoms. The van der Waals surface area contributed by atoms with Crippen molar-refractivity contribution in [3.05, 3.63) is 39.4 Å². The summed E-state index contributed by atoms with van der Waals surface area (Å²) in [5.74, 6) is 0.412. The highest BCUT2D eigenvalue weighted by Gasteiger charge is 1.95. The molecule has 0 aliphatic rings. The number of allylic oxidation sites excluding steroid dienone is 1. The monoisotopic (exact) mass is 178 g/mol. The van der Waals surface area contributed by atoms with Crippen molar-refractivity contribution in [1.82, 2.24) is 0 Å². The number of hydrogen-bond donors (Lipinski definition) is 0. The first-order valence-corrected chi connectivity index (χ1v) is 3.87. The summed E-state index contributed by atoms with van der Waals surface area (Å²) in [4.78, 5) is 21.2. The molecular formula is C10H10O3. The molecule has 0 spiro atoms. The fourth-order valence-corrected chi connectivity index (χ4v) is 0.957. The van der Waals surface area contributed by atoms with E-state index in [4.69, 9.17) is 4.42 Å². The van der Waals surface area contributed by atoms with Crippen molar-refractivity contribution in [2.24, 2.45) is 0 Å². The molecule has 0 saturated heterocycles. The molecule has 1 aromatic heterocycles. The van der Waals surface area contributed by atoms with Gasteiger partial charge < -0.3 is 4.42 Å². The van der Waals surface area contributed by atoms with Crippen molar-refractivity contribution in [2.45, 2.75) is 13.8 Å². The summed E-state index contributed by atoms with van der Waals surface area (Å²) in [7, 11) is 0. The highest BCUT2D eigenvalue weighted by Crippen LogP contribution is 2.04. The first-order valence-electron chi connectivity index (χ1n) is 3.87. The third-order valence-corrected chi connectivity index (χ3v) is 1.49. The van der Waals surface area contributed by atoms with E-state index in [-0.39, 0.29) is 0 Å². The number of carbonyl (C=O) groups is 1. The van der Waals surface area contributed by atoms with Gasteiger partial charge in [-0.15, -0.1) is 0 Å². The van der Waals surface area contributed by atoms with Crippen LogP contribution in [0.2, 0.25) is 0 Å². The standard InChI is InChI=1S/C10H10O3/c1-7-3-9(4-8(2)6-11)13-10(12)5-7/h3-6H,1-2H3/b8-4-. The van der Waals surface area contributed by atoms with Gasteiger partial charge in [-0.2, -0.15) is 0 Å². The molecule has 13 heavy (non-hydrogen) atoms. The largest absolute Gasteiger partial charge is 0.423 e. The molecule has 68 valence electrons. The van der Waals surface area contributed by atoms with Crippen LogP contribution in [0.25, 0.3) is 6.08 Å². The second-order valence-corrected chi connectivity index (χ2v) is 2.86. The van der Waals surface area contributed by atoms with Crippen molar-refractivity contribution in [1.29, 1.82) is 0 Å². The van der Waals surface area contributed by atoms with Gasteiger partial charge in [0.1, 0.15) is 12.0 Å². The quantitative estimate of drug-likeness (QED) is 0.510. The van der Waals surface area contributed by atoms with Crippen LogP contribution < -0.4 is 5.63 Å². The molecule has 0 N–H and O–H groups in total. The zero-order valence-electron chi connectivity index (χ0n) is 7.53. The molecule has 0 bridgehead atoms. The Hall–Kier alpha value is -1.64. The Morgan fingerprint density at radius 2 is 2.15 bits per heavy atom. The average Bonchev–Trinajstić information content (AvgIpc) is 2.02. The third-order valence-electron chi connectivity index (χ3n) is 1.49. The minimum Gasteiger partial charge on any atom is -0.423 e. The van der Waals surface area contributed by atoms with Gasteiger partial charge in [-0.25, -0.2) is 4.79 Å². The van der Waals surface area contributed by atoms with Gasteiger partial charge in [-0.3, -0.25) is 4.79 Å². The van der Waals surface area contributed by atoms with Gasteiger partial charge >= 0.3 is 5.63 Å². The Morgan fingerprint density at radius 1 is 1.46 bits per heavy atom. The van der Waals surface area contributed by atoms with Gasteiger partial charge in [0.15, 0.2) is 0 Å². The first-order chi connectivity index (χ1) is 6.11. The number of rotatable bonds is 2. The minimum absolute atomic E-state index is 0.398. The van der Waals surface area contributed by atoms with Crippen LogP contribution in [0.4, 0.5) is 0 Å². The normalized spacial score (nSPS) is 11.4. The molecule has 1 heterocycles. The summed E-state index contributed by atoms with van der Waals surface area (Å²) in [6, 6.07) is 3.10. The van der Waals surface area contributed by atoms with Crippen LogP contribution in [0.5, 0.6) is 0 Å². The van der Waals surface area contributed by atoms with E-state index in [1.165, 1.54) is 12.1 Å². The molecule has 0 unspecified atom stereocenters. The molecule has 0 amide bonds. The Balaban J connectivity index is 3.16. The maximum atomic E-state index is 10.9. The van der Waals surface area contributed by atoms with Crippen LogP contribution in [0.1, 0.15) is 18.2 Å². The van der Waals surface area contributed by atoms with Crippen molar-refractivity contribution in [3.8, 4) is 0 Å². The van der Waals surface area contributed by atoms with Crippen LogP contribution in [0, 0.1) is 6.92 Å². The number of aldehydes is 1. The first kappa shape index (κ1) is 9.45. The average molecular weight is 178 g/mol. The van der Waals surface area contributed by atoms with Crippen molar-refractivity contribution in [3.63, 3.8) is 0 Å². The van der Waals surface area contributed by atoms with Crippen LogP contribution in [0.15, 0.2) is 26.9 Å². The molecule has 1 rings (SSSR count). The van der Waals surface area contributed by atoms with E-state index >= 15 is 0 Å². The van der Waals surface area contributed by atoms with Crippen LogP contribution in [0.3, 0.4) is 0 Å². The van der Waals surface area contributed by atoms with Crippen molar-refractivity contribution < 1.29 is 9.21 Å². The summed E-state index contributed by atoms with van der Waals surface area (Å²) >= 11 is 0. The lowest BCUT2D eigenvalue weighted by Crippen LogP contribution is -1.98. The molecule has 1 aromatic rings. The summed E-state index contributed by atoms with van der Waals surface area (Å²) in [6.45, 7) is 3.44. The van der Waals surface area contributed by atoms with Gasteiger partial charge in [0, 0.05) is 6.07 Å². The van der Waals surface area contributed by atoms with E-state index in [1.54, 1.807) is 19.9 Å². The molecule has 0 aliphatic carbocycles. The fourth-order valence-electron chi connectivity index (χ4n) is 0.957. The Bertz CT molecular complexity index is 399. The predicted octanol–water partition coefficient (Wildman–Crippen LogP) is 1.55. The summed E-state index contributed by atoms with van der Waals surface area (Å²) < 4.78 is 4.84. The predicted molar refractivity (Wildman–Crippen MR) is 49.4 cm³/mol. The van der Waals surface area contributed by atoms with Gasteiger partial charge in [-0.05, 0) is 37.1 Å². The summed E-state index contributed by atoms with van der Waals surface area (Å²) in [5, 5.41) is 0. The highest BCUT2D eigenvalue weighted by atomic mass is 16.4. The lowest BCUT2D eigenvalue weighted by atomic mass is 10.2. The van der Waals surface area contributed by atoms with E-state index in [9.17, 15) is 9.59 Å². The zero-order valence-corrected chi connectivity index (χ0v) is 7.53. The smallest absolute Gasteiger partial charge is 0.336 e. The Morgan fingerprint density at radius 3 is 2.69 bits per heavy atom. The van der Waals surface area contributed by atoms with E-state index in [2.05, 4.69) is 0 Å². The maximum Gasteiger partial charge on any atom is 0.336 e. The lowest BCUT2D eigenvalue weighted by molar-refractivity contribution is -0.104. The number of carbonyl (C=O) groups excluding carboxylic acids is 1. The van der Waals surface area contributed by atoms with Gasteiger partial charge in [0.2, 0.25) is 0 Å². The number of aryl methyl sites for hydroxylation is 1.